The molecule has 1 aliphatic carbocycles. The number of sulfone groups is 1. The number of rotatable bonds is 5. The molecule has 4 heterocycles. The van der Waals surface area contributed by atoms with E-state index in [0.29, 0.717) is 52.7 Å². The maximum atomic E-state index is 13.3. The van der Waals surface area contributed by atoms with Crippen LogP contribution >= 0.6 is 0 Å². The summed E-state index contributed by atoms with van der Waals surface area (Å²) in [5.74, 6) is 1.72. The fourth-order valence-corrected chi connectivity index (χ4v) is 6.34. The van der Waals surface area contributed by atoms with Crippen molar-refractivity contribution in [2.24, 2.45) is 0 Å². The standard InChI is InChI=1S/C23H24N4O5S/c1-13-21-17(23(28)24-10-14-2-5-19-20(8-14)32-12-31-19)9-18(15-3-4-15)25-22(21)27(26-13)16-6-7-33(29,30)11-16/h2,5,8-9,15-16H,3-4,6-7,10-12H2,1H3,(H,24,28)/t16-/m0/s1. The Kier molecular flexibility index (Phi) is 4.62. The normalized spacial score (nSPS) is 20.9. The first-order chi connectivity index (χ1) is 15.9. The number of hydrogen-bond donors (Lipinski definition) is 1. The average molecular weight is 469 g/mol. The maximum absolute atomic E-state index is 13.3. The first-order valence-corrected chi connectivity index (χ1v) is 13.0. The summed E-state index contributed by atoms with van der Waals surface area (Å²) in [7, 11) is -3.07. The molecule has 2 aromatic heterocycles. The van der Waals surface area contributed by atoms with E-state index in [1.54, 1.807) is 4.68 Å². The fourth-order valence-electron chi connectivity index (χ4n) is 4.65. The minimum atomic E-state index is -3.07. The number of amides is 1. The number of ether oxygens (including phenoxy) is 2. The molecule has 2 aliphatic heterocycles. The fraction of sp³-hybridized carbons (Fsp3) is 0.435. The van der Waals surface area contributed by atoms with Crippen molar-refractivity contribution in [2.75, 3.05) is 18.3 Å². The number of nitrogens with one attached hydrogen (secondary N) is 1. The van der Waals surface area contributed by atoms with E-state index in [1.807, 2.05) is 31.2 Å². The van der Waals surface area contributed by atoms with Gasteiger partial charge in [0.05, 0.1) is 34.2 Å². The van der Waals surface area contributed by atoms with Gasteiger partial charge in [-0.05, 0) is 49.9 Å². The Morgan fingerprint density at radius 2 is 2.00 bits per heavy atom. The summed E-state index contributed by atoms with van der Waals surface area (Å²) in [5.41, 5.74) is 3.60. The molecule has 0 spiro atoms. The lowest BCUT2D eigenvalue weighted by atomic mass is 10.1. The smallest absolute Gasteiger partial charge is 0.252 e. The van der Waals surface area contributed by atoms with Crippen LogP contribution in [0.1, 0.15) is 58.5 Å². The van der Waals surface area contributed by atoms with Crippen LogP contribution in [0.5, 0.6) is 11.5 Å². The van der Waals surface area contributed by atoms with E-state index in [0.717, 1.165) is 24.1 Å². The molecule has 6 rings (SSSR count). The number of fused-ring (bicyclic) bond motifs is 2. The highest BCUT2D eigenvalue weighted by molar-refractivity contribution is 7.91. The molecule has 0 bridgehead atoms. The first kappa shape index (κ1) is 20.5. The van der Waals surface area contributed by atoms with Gasteiger partial charge in [0.1, 0.15) is 0 Å². The van der Waals surface area contributed by atoms with Crippen molar-refractivity contribution >= 4 is 26.8 Å². The zero-order valence-corrected chi connectivity index (χ0v) is 19.0. The van der Waals surface area contributed by atoms with Crippen molar-refractivity contribution in [2.45, 2.75) is 44.7 Å². The highest BCUT2D eigenvalue weighted by Gasteiger charge is 2.34. The van der Waals surface area contributed by atoms with Crippen LogP contribution in [0, 0.1) is 6.92 Å². The van der Waals surface area contributed by atoms with E-state index >= 15 is 0 Å². The van der Waals surface area contributed by atoms with Crippen LogP contribution in [0.3, 0.4) is 0 Å². The molecule has 3 aromatic rings. The van der Waals surface area contributed by atoms with Gasteiger partial charge in [-0.25, -0.2) is 18.1 Å². The summed E-state index contributed by atoms with van der Waals surface area (Å²) in [6.45, 7) is 2.39. The number of nitrogens with zero attached hydrogens (tertiary/aromatic N) is 3. The number of hydrogen-bond acceptors (Lipinski definition) is 7. The van der Waals surface area contributed by atoms with E-state index in [-0.39, 0.29) is 30.2 Å². The molecule has 10 heteroatoms. The van der Waals surface area contributed by atoms with Gasteiger partial charge in [-0.1, -0.05) is 6.07 Å². The Bertz CT molecular complexity index is 1390. The van der Waals surface area contributed by atoms with Crippen molar-refractivity contribution in [3.63, 3.8) is 0 Å². The number of pyridine rings is 1. The van der Waals surface area contributed by atoms with Crippen molar-refractivity contribution < 1.29 is 22.7 Å². The maximum Gasteiger partial charge on any atom is 0.252 e. The van der Waals surface area contributed by atoms with E-state index in [9.17, 15) is 13.2 Å². The Morgan fingerprint density at radius 3 is 2.76 bits per heavy atom. The third-order valence-electron chi connectivity index (χ3n) is 6.54. The lowest BCUT2D eigenvalue weighted by Gasteiger charge is -2.12. The van der Waals surface area contributed by atoms with Crippen molar-refractivity contribution in [1.29, 1.82) is 0 Å². The van der Waals surface area contributed by atoms with Gasteiger partial charge in [-0.2, -0.15) is 5.10 Å². The van der Waals surface area contributed by atoms with E-state index < -0.39 is 9.84 Å². The largest absolute Gasteiger partial charge is 0.454 e. The van der Waals surface area contributed by atoms with Gasteiger partial charge in [-0.15, -0.1) is 0 Å². The van der Waals surface area contributed by atoms with E-state index in [1.165, 1.54) is 0 Å². The van der Waals surface area contributed by atoms with Crippen LogP contribution in [0.15, 0.2) is 24.3 Å². The van der Waals surface area contributed by atoms with Gasteiger partial charge in [-0.3, -0.25) is 4.79 Å². The summed E-state index contributed by atoms with van der Waals surface area (Å²) in [5, 5.41) is 8.33. The molecule has 0 radical (unpaired) electrons. The zero-order chi connectivity index (χ0) is 22.7. The minimum absolute atomic E-state index is 0.0597. The lowest BCUT2D eigenvalue weighted by Crippen LogP contribution is -2.23. The summed E-state index contributed by atoms with van der Waals surface area (Å²) in [6, 6.07) is 7.22. The quantitative estimate of drug-likeness (QED) is 0.613. The molecule has 1 atom stereocenters. The third kappa shape index (κ3) is 3.72. The first-order valence-electron chi connectivity index (χ1n) is 11.1. The molecule has 33 heavy (non-hydrogen) atoms. The number of benzene rings is 1. The van der Waals surface area contributed by atoms with Crippen molar-refractivity contribution in [3.8, 4) is 11.5 Å². The van der Waals surface area contributed by atoms with Gasteiger partial charge in [0.15, 0.2) is 27.0 Å². The zero-order valence-electron chi connectivity index (χ0n) is 18.2. The summed E-state index contributed by atoms with van der Waals surface area (Å²) in [4.78, 5) is 18.2. The van der Waals surface area contributed by atoms with Gasteiger partial charge in [0, 0.05) is 18.2 Å². The molecular weight excluding hydrogens is 444 g/mol. The molecule has 1 N–H and O–H groups in total. The van der Waals surface area contributed by atoms with Crippen LogP contribution < -0.4 is 14.8 Å². The number of carbonyl (C=O) groups excluding carboxylic acids is 1. The molecule has 2 fully saturated rings. The summed E-state index contributed by atoms with van der Waals surface area (Å²) >= 11 is 0. The topological polar surface area (TPSA) is 112 Å². The Hall–Kier alpha value is -3.14. The second kappa shape index (κ2) is 7.44. The molecule has 1 saturated carbocycles. The molecule has 0 unspecified atom stereocenters. The Morgan fingerprint density at radius 1 is 1.18 bits per heavy atom. The van der Waals surface area contributed by atoms with Crippen molar-refractivity contribution in [1.82, 2.24) is 20.1 Å². The van der Waals surface area contributed by atoms with Gasteiger partial charge >= 0.3 is 0 Å². The monoisotopic (exact) mass is 468 g/mol. The highest BCUT2D eigenvalue weighted by Crippen LogP contribution is 2.41. The number of carbonyl (C=O) groups is 1. The second-order valence-electron chi connectivity index (χ2n) is 9.02. The Balaban J connectivity index is 1.34. The molecule has 1 amide bonds. The molecule has 9 nitrogen and oxygen atoms in total. The molecule has 1 aromatic carbocycles. The molecular formula is C23H24N4O5S. The average Bonchev–Trinajstić information content (AvgIpc) is 3.30. The van der Waals surface area contributed by atoms with Crippen LogP contribution in [-0.2, 0) is 16.4 Å². The predicted octanol–water partition coefficient (Wildman–Crippen LogP) is 2.64. The van der Waals surface area contributed by atoms with Crippen LogP contribution in [-0.4, -0.2) is 47.4 Å². The van der Waals surface area contributed by atoms with Gasteiger partial charge < -0.3 is 14.8 Å². The SMILES string of the molecule is Cc1nn([C@H]2CCS(=O)(=O)C2)c2nc(C3CC3)cc(C(=O)NCc3ccc4c(c3)OCO4)c12. The third-order valence-corrected chi connectivity index (χ3v) is 8.29. The number of aromatic nitrogens is 3. The lowest BCUT2D eigenvalue weighted by molar-refractivity contribution is 0.0952. The second-order valence-corrected chi connectivity index (χ2v) is 11.3. The number of aryl methyl sites for hydroxylation is 1. The van der Waals surface area contributed by atoms with E-state index in [2.05, 4.69) is 10.4 Å². The van der Waals surface area contributed by atoms with Gasteiger partial charge in [0.2, 0.25) is 6.79 Å². The predicted molar refractivity (Wildman–Crippen MR) is 120 cm³/mol. The van der Waals surface area contributed by atoms with Gasteiger partial charge in [0.25, 0.3) is 5.91 Å². The van der Waals surface area contributed by atoms with E-state index in [4.69, 9.17) is 14.5 Å². The Labute approximate surface area is 191 Å². The van der Waals surface area contributed by atoms with Crippen LogP contribution in [0.25, 0.3) is 11.0 Å². The minimum Gasteiger partial charge on any atom is -0.454 e. The van der Waals surface area contributed by atoms with Crippen LogP contribution in [0.2, 0.25) is 0 Å². The van der Waals surface area contributed by atoms with Crippen molar-refractivity contribution in [3.05, 3.63) is 46.8 Å². The molecule has 3 aliphatic rings. The van der Waals surface area contributed by atoms with Crippen LogP contribution in [0.4, 0.5) is 0 Å². The summed E-state index contributed by atoms with van der Waals surface area (Å²) in [6.07, 6.45) is 2.60. The highest BCUT2D eigenvalue weighted by atomic mass is 32.2. The summed E-state index contributed by atoms with van der Waals surface area (Å²) < 4.78 is 36.6. The molecule has 172 valence electrons. The molecule has 1 saturated heterocycles.